The smallest absolute Gasteiger partial charge is 0.253 e. The molecule has 0 aromatic heterocycles. The fourth-order valence-electron chi connectivity index (χ4n) is 2.02. The van der Waals surface area contributed by atoms with Crippen molar-refractivity contribution < 1.29 is 9.53 Å². The highest BCUT2D eigenvalue weighted by Gasteiger charge is 2.21. The van der Waals surface area contributed by atoms with Crippen LogP contribution < -0.4 is 11.1 Å². The molecule has 20 heavy (non-hydrogen) atoms. The first-order valence-corrected chi connectivity index (χ1v) is 6.99. The minimum absolute atomic E-state index is 0.121. The lowest BCUT2D eigenvalue weighted by Crippen LogP contribution is -2.33. The van der Waals surface area contributed by atoms with E-state index in [1.165, 1.54) is 0 Å². The predicted octanol–water partition coefficient (Wildman–Crippen LogP) is 2.16. The summed E-state index contributed by atoms with van der Waals surface area (Å²) < 4.78 is 5.45. The van der Waals surface area contributed by atoms with Crippen LogP contribution in [0.3, 0.4) is 0 Å². The van der Waals surface area contributed by atoms with Gasteiger partial charge in [-0.25, -0.2) is 0 Å². The number of rotatable bonds is 2. The van der Waals surface area contributed by atoms with Gasteiger partial charge in [0.05, 0.1) is 11.6 Å². The zero-order valence-corrected chi connectivity index (χ0v) is 11.9. The third-order valence-corrected chi connectivity index (χ3v) is 3.36. The third kappa shape index (κ3) is 3.97. The van der Waals surface area contributed by atoms with Crippen molar-refractivity contribution in [2.45, 2.75) is 25.4 Å². The molecule has 4 nitrogen and oxygen atoms in total. The maximum absolute atomic E-state index is 12.1. The first-order chi connectivity index (χ1) is 9.70. The maximum atomic E-state index is 12.1. The molecule has 3 N–H and O–H groups in total. The van der Waals surface area contributed by atoms with Gasteiger partial charge in [-0.05, 0) is 37.5 Å². The van der Waals surface area contributed by atoms with E-state index in [2.05, 4.69) is 17.2 Å². The van der Waals surface area contributed by atoms with Crippen molar-refractivity contribution >= 4 is 23.2 Å². The van der Waals surface area contributed by atoms with Gasteiger partial charge in [-0.15, -0.1) is 0 Å². The van der Waals surface area contributed by atoms with Crippen molar-refractivity contribution in [3.8, 4) is 11.8 Å². The van der Waals surface area contributed by atoms with E-state index in [0.717, 1.165) is 19.3 Å². The van der Waals surface area contributed by atoms with Crippen LogP contribution in [-0.2, 0) is 9.53 Å². The minimum atomic E-state index is -0.363. The third-order valence-electron chi connectivity index (χ3n) is 3.03. The molecule has 1 aliphatic heterocycles. The molecule has 1 heterocycles. The van der Waals surface area contributed by atoms with E-state index < -0.39 is 0 Å². The Hall–Kier alpha value is -1.54. The standard InChI is InChI=1S/C15H17ClN2O2/c16-13-7-6-12(10-11(13)4-3-8-17)18-15(19)14-5-1-2-9-20-14/h6-7,10,14H,1-2,5,8-9,17H2,(H,18,19). The van der Waals surface area contributed by atoms with E-state index in [-0.39, 0.29) is 18.6 Å². The van der Waals surface area contributed by atoms with E-state index >= 15 is 0 Å². The molecule has 1 fully saturated rings. The molecule has 0 radical (unpaired) electrons. The zero-order chi connectivity index (χ0) is 14.4. The molecule has 0 bridgehead atoms. The molecule has 0 aliphatic carbocycles. The van der Waals surface area contributed by atoms with Crippen molar-refractivity contribution in [1.82, 2.24) is 0 Å². The first kappa shape index (κ1) is 14.9. The Morgan fingerprint density at radius 3 is 3.05 bits per heavy atom. The molecular formula is C15H17ClN2O2. The predicted molar refractivity (Wildman–Crippen MR) is 79.6 cm³/mol. The number of benzene rings is 1. The van der Waals surface area contributed by atoms with Gasteiger partial charge in [0, 0.05) is 17.9 Å². The van der Waals surface area contributed by atoms with Crippen molar-refractivity contribution in [2.75, 3.05) is 18.5 Å². The SMILES string of the molecule is NCC#Cc1cc(NC(=O)C2CCCCO2)ccc1Cl. The number of hydrogen-bond donors (Lipinski definition) is 2. The van der Waals surface area contributed by atoms with Crippen LogP contribution in [0.4, 0.5) is 5.69 Å². The topological polar surface area (TPSA) is 64.3 Å². The summed E-state index contributed by atoms with van der Waals surface area (Å²) in [5.74, 6) is 5.50. The number of halogens is 1. The highest BCUT2D eigenvalue weighted by molar-refractivity contribution is 6.31. The monoisotopic (exact) mass is 292 g/mol. The molecule has 1 saturated heterocycles. The number of carbonyl (C=O) groups is 1. The first-order valence-electron chi connectivity index (χ1n) is 6.61. The maximum Gasteiger partial charge on any atom is 0.253 e. The van der Waals surface area contributed by atoms with Gasteiger partial charge in [-0.2, -0.15) is 0 Å². The number of carbonyl (C=O) groups excluding carboxylic acids is 1. The fraction of sp³-hybridized carbons (Fsp3) is 0.400. The van der Waals surface area contributed by atoms with Crippen molar-refractivity contribution in [2.24, 2.45) is 5.73 Å². The number of nitrogens with one attached hydrogen (secondary N) is 1. The molecule has 1 aromatic rings. The van der Waals surface area contributed by atoms with Gasteiger partial charge in [0.2, 0.25) is 0 Å². The lowest BCUT2D eigenvalue weighted by Gasteiger charge is -2.21. The van der Waals surface area contributed by atoms with Crippen LogP contribution in [0.25, 0.3) is 0 Å². The Labute approximate surface area is 123 Å². The molecule has 1 amide bonds. The van der Waals surface area contributed by atoms with Crippen molar-refractivity contribution in [3.63, 3.8) is 0 Å². The van der Waals surface area contributed by atoms with Gasteiger partial charge in [0.25, 0.3) is 5.91 Å². The van der Waals surface area contributed by atoms with Crippen molar-refractivity contribution in [1.29, 1.82) is 0 Å². The summed E-state index contributed by atoms with van der Waals surface area (Å²) in [6.07, 6.45) is 2.44. The van der Waals surface area contributed by atoms with Crippen LogP contribution in [0.15, 0.2) is 18.2 Å². The van der Waals surface area contributed by atoms with Crippen LogP contribution >= 0.6 is 11.6 Å². The molecule has 1 aliphatic rings. The Bertz CT molecular complexity index is 543. The molecule has 1 unspecified atom stereocenters. The van der Waals surface area contributed by atoms with Gasteiger partial charge in [0.15, 0.2) is 0 Å². The summed E-state index contributed by atoms with van der Waals surface area (Å²) in [4.78, 5) is 12.1. The molecule has 0 spiro atoms. The van der Waals surface area contributed by atoms with Crippen LogP contribution in [0.2, 0.25) is 5.02 Å². The molecule has 106 valence electrons. The van der Waals surface area contributed by atoms with E-state index in [1.54, 1.807) is 18.2 Å². The summed E-state index contributed by atoms with van der Waals surface area (Å²) in [7, 11) is 0. The van der Waals surface area contributed by atoms with E-state index in [0.29, 0.717) is 22.9 Å². The Morgan fingerprint density at radius 1 is 1.50 bits per heavy atom. The second-order valence-corrected chi connectivity index (χ2v) is 4.95. The molecule has 5 heteroatoms. The summed E-state index contributed by atoms with van der Waals surface area (Å²) in [6, 6.07) is 5.20. The number of anilines is 1. The van der Waals surface area contributed by atoms with Gasteiger partial charge in [0.1, 0.15) is 6.10 Å². The highest BCUT2D eigenvalue weighted by atomic mass is 35.5. The van der Waals surface area contributed by atoms with Crippen LogP contribution in [0, 0.1) is 11.8 Å². The van der Waals surface area contributed by atoms with Gasteiger partial charge in [-0.3, -0.25) is 4.79 Å². The Morgan fingerprint density at radius 2 is 2.35 bits per heavy atom. The van der Waals surface area contributed by atoms with Crippen LogP contribution in [0.1, 0.15) is 24.8 Å². The largest absolute Gasteiger partial charge is 0.368 e. The summed E-state index contributed by atoms with van der Waals surface area (Å²) in [5, 5.41) is 3.37. The number of nitrogens with two attached hydrogens (primary N) is 1. The summed E-state index contributed by atoms with van der Waals surface area (Å²) in [6.45, 7) is 0.911. The fourth-order valence-corrected chi connectivity index (χ4v) is 2.18. The van der Waals surface area contributed by atoms with Gasteiger partial charge in [-0.1, -0.05) is 23.4 Å². The summed E-state index contributed by atoms with van der Waals surface area (Å²) in [5.41, 5.74) is 6.65. The molecule has 1 aromatic carbocycles. The number of ether oxygens (including phenoxy) is 1. The lowest BCUT2D eigenvalue weighted by molar-refractivity contribution is -0.129. The minimum Gasteiger partial charge on any atom is -0.368 e. The Balaban J connectivity index is 2.07. The van der Waals surface area contributed by atoms with Crippen LogP contribution in [-0.4, -0.2) is 25.2 Å². The lowest BCUT2D eigenvalue weighted by atomic mass is 10.1. The summed E-state index contributed by atoms with van der Waals surface area (Å²) >= 11 is 6.04. The van der Waals surface area contributed by atoms with Gasteiger partial charge < -0.3 is 15.8 Å². The van der Waals surface area contributed by atoms with Gasteiger partial charge >= 0.3 is 0 Å². The van der Waals surface area contributed by atoms with E-state index in [4.69, 9.17) is 22.1 Å². The second kappa shape index (κ2) is 7.30. The second-order valence-electron chi connectivity index (χ2n) is 4.54. The number of hydrogen-bond acceptors (Lipinski definition) is 3. The van der Waals surface area contributed by atoms with E-state index in [1.807, 2.05) is 0 Å². The molecule has 2 rings (SSSR count). The molecule has 1 atom stereocenters. The van der Waals surface area contributed by atoms with Crippen LogP contribution in [0.5, 0.6) is 0 Å². The zero-order valence-electron chi connectivity index (χ0n) is 11.1. The average molecular weight is 293 g/mol. The number of amides is 1. The average Bonchev–Trinajstić information content (AvgIpc) is 2.48. The molecular weight excluding hydrogens is 276 g/mol. The highest BCUT2D eigenvalue weighted by Crippen LogP contribution is 2.21. The van der Waals surface area contributed by atoms with E-state index in [9.17, 15) is 4.79 Å². The quantitative estimate of drug-likeness (QED) is 0.821. The van der Waals surface area contributed by atoms with Crippen molar-refractivity contribution in [3.05, 3.63) is 28.8 Å². The molecule has 0 saturated carbocycles. The Kier molecular flexibility index (Phi) is 5.42. The normalized spacial score (nSPS) is 18.0.